The predicted octanol–water partition coefficient (Wildman–Crippen LogP) is 3.09. The molecule has 0 fully saturated rings. The lowest BCUT2D eigenvalue weighted by molar-refractivity contribution is 0.0994. The van der Waals surface area contributed by atoms with Crippen LogP contribution in [0.5, 0.6) is 0 Å². The van der Waals surface area contributed by atoms with Crippen LogP contribution in [0.25, 0.3) is 16.6 Å². The molecule has 0 aliphatic carbocycles. The summed E-state index contributed by atoms with van der Waals surface area (Å²) in [5.41, 5.74) is 11.0. The third-order valence-corrected chi connectivity index (χ3v) is 4.18. The van der Waals surface area contributed by atoms with Crippen LogP contribution in [0.3, 0.4) is 0 Å². The van der Waals surface area contributed by atoms with Crippen molar-refractivity contribution in [3.63, 3.8) is 0 Å². The van der Waals surface area contributed by atoms with Gasteiger partial charge in [0.2, 0.25) is 0 Å². The number of hydrogen-bond donors (Lipinski definition) is 1. The first-order valence-electron chi connectivity index (χ1n) is 7.97. The number of primary amides is 1. The predicted molar refractivity (Wildman–Crippen MR) is 96.2 cm³/mol. The molecule has 0 radical (unpaired) electrons. The van der Waals surface area contributed by atoms with E-state index in [9.17, 15) is 4.79 Å². The Labute approximate surface area is 144 Å². The summed E-state index contributed by atoms with van der Waals surface area (Å²) in [7, 11) is 0. The van der Waals surface area contributed by atoms with Gasteiger partial charge in [-0.05, 0) is 52.9 Å². The van der Waals surface area contributed by atoms with Gasteiger partial charge in [-0.15, -0.1) is 0 Å². The first-order chi connectivity index (χ1) is 12.2. The molecule has 25 heavy (non-hydrogen) atoms. The first kappa shape index (κ1) is 15.1. The Morgan fingerprint density at radius 3 is 2.60 bits per heavy atom. The number of aromatic nitrogens is 3. The van der Waals surface area contributed by atoms with E-state index in [2.05, 4.69) is 34.3 Å². The fourth-order valence-electron chi connectivity index (χ4n) is 2.93. The lowest BCUT2D eigenvalue weighted by Crippen LogP contribution is -2.15. The number of fused-ring (bicyclic) bond motifs is 1. The van der Waals surface area contributed by atoms with E-state index in [1.807, 2.05) is 36.7 Å². The van der Waals surface area contributed by atoms with Gasteiger partial charge in [0.25, 0.3) is 5.91 Å². The molecule has 3 aromatic heterocycles. The van der Waals surface area contributed by atoms with Gasteiger partial charge in [-0.25, -0.2) is 4.52 Å². The van der Waals surface area contributed by atoms with Crippen LogP contribution in [-0.4, -0.2) is 20.5 Å². The van der Waals surface area contributed by atoms with Crippen molar-refractivity contribution in [2.75, 3.05) is 0 Å². The summed E-state index contributed by atoms with van der Waals surface area (Å²) in [5.74, 6) is -0.524. The highest BCUT2D eigenvalue weighted by molar-refractivity contribution is 5.91. The molecule has 122 valence electrons. The average Bonchev–Trinajstić information content (AvgIpc) is 3.12. The van der Waals surface area contributed by atoms with Gasteiger partial charge >= 0.3 is 0 Å². The fraction of sp³-hybridized carbons (Fsp3) is 0.0500. The van der Waals surface area contributed by atoms with Gasteiger partial charge < -0.3 is 5.73 Å². The smallest absolute Gasteiger partial charge is 0.269 e. The molecule has 0 saturated heterocycles. The van der Waals surface area contributed by atoms with Crippen LogP contribution in [0, 0.1) is 0 Å². The van der Waals surface area contributed by atoms with Crippen molar-refractivity contribution in [2.24, 2.45) is 5.73 Å². The zero-order chi connectivity index (χ0) is 17.2. The zero-order valence-corrected chi connectivity index (χ0v) is 13.5. The maximum atomic E-state index is 11.5. The minimum Gasteiger partial charge on any atom is -0.364 e. The summed E-state index contributed by atoms with van der Waals surface area (Å²) in [6.45, 7) is 0. The minimum atomic E-state index is -0.524. The van der Waals surface area contributed by atoms with Crippen molar-refractivity contribution in [2.45, 2.75) is 6.42 Å². The second kappa shape index (κ2) is 6.20. The summed E-state index contributed by atoms with van der Waals surface area (Å²) in [5, 5.41) is 4.23. The topological polar surface area (TPSA) is 73.3 Å². The quantitative estimate of drug-likeness (QED) is 0.625. The Balaban J connectivity index is 1.67. The second-order valence-corrected chi connectivity index (χ2v) is 5.87. The SMILES string of the molecule is NC(=O)c1cc(Cc2ccc(-c3cccnc3)cc2)c2cccn2n1. The van der Waals surface area contributed by atoms with Crippen LogP contribution < -0.4 is 5.73 Å². The molecule has 3 heterocycles. The van der Waals surface area contributed by atoms with Crippen LogP contribution >= 0.6 is 0 Å². The van der Waals surface area contributed by atoms with E-state index >= 15 is 0 Å². The van der Waals surface area contributed by atoms with Gasteiger partial charge in [0.05, 0.1) is 5.52 Å². The van der Waals surface area contributed by atoms with E-state index < -0.39 is 5.91 Å². The molecule has 0 saturated carbocycles. The average molecular weight is 328 g/mol. The van der Waals surface area contributed by atoms with Crippen molar-refractivity contribution in [1.29, 1.82) is 0 Å². The Bertz CT molecular complexity index is 1040. The summed E-state index contributed by atoms with van der Waals surface area (Å²) < 4.78 is 1.69. The molecule has 0 atom stereocenters. The third-order valence-electron chi connectivity index (χ3n) is 4.18. The van der Waals surface area contributed by atoms with Crippen molar-refractivity contribution in [3.8, 4) is 11.1 Å². The normalized spacial score (nSPS) is 10.9. The van der Waals surface area contributed by atoms with Gasteiger partial charge in [-0.2, -0.15) is 5.10 Å². The van der Waals surface area contributed by atoms with Crippen molar-refractivity contribution < 1.29 is 4.79 Å². The largest absolute Gasteiger partial charge is 0.364 e. The summed E-state index contributed by atoms with van der Waals surface area (Å²) in [6.07, 6.45) is 6.13. The van der Waals surface area contributed by atoms with Gasteiger partial charge in [-0.3, -0.25) is 9.78 Å². The number of carbonyl (C=O) groups excluding carboxylic acids is 1. The third kappa shape index (κ3) is 2.99. The highest BCUT2D eigenvalue weighted by Gasteiger charge is 2.10. The molecule has 0 bridgehead atoms. The second-order valence-electron chi connectivity index (χ2n) is 5.87. The first-order valence-corrected chi connectivity index (χ1v) is 7.97. The van der Waals surface area contributed by atoms with Gasteiger partial charge in [0.15, 0.2) is 0 Å². The van der Waals surface area contributed by atoms with Crippen LogP contribution in [0.1, 0.15) is 21.6 Å². The van der Waals surface area contributed by atoms with Gasteiger partial charge in [-0.1, -0.05) is 30.3 Å². The number of nitrogens with zero attached hydrogens (tertiary/aromatic N) is 3. The standard InChI is InChI=1S/C20H16N4O/c21-20(25)18-12-17(19-4-2-10-24(19)23-18)11-14-5-7-15(8-6-14)16-3-1-9-22-13-16/h1-10,12-13H,11H2,(H2,21,25). The van der Waals surface area contributed by atoms with Crippen LogP contribution in [0.4, 0.5) is 0 Å². The molecule has 4 rings (SSSR count). The lowest BCUT2D eigenvalue weighted by Gasteiger charge is -2.08. The van der Waals surface area contributed by atoms with E-state index in [4.69, 9.17) is 5.73 Å². The van der Waals surface area contributed by atoms with Gasteiger partial charge in [0, 0.05) is 18.6 Å². The van der Waals surface area contributed by atoms with E-state index in [1.165, 1.54) is 0 Å². The number of carbonyl (C=O) groups is 1. The minimum absolute atomic E-state index is 0.269. The number of hydrogen-bond acceptors (Lipinski definition) is 3. The summed E-state index contributed by atoms with van der Waals surface area (Å²) >= 11 is 0. The molecule has 1 aromatic carbocycles. The number of amides is 1. The van der Waals surface area contributed by atoms with Crippen molar-refractivity contribution in [3.05, 3.63) is 90.0 Å². The molecule has 5 nitrogen and oxygen atoms in total. The van der Waals surface area contributed by atoms with Gasteiger partial charge in [0.1, 0.15) is 5.69 Å². The molecular formula is C20H16N4O. The van der Waals surface area contributed by atoms with E-state index in [0.717, 1.165) is 27.8 Å². The molecule has 2 N–H and O–H groups in total. The van der Waals surface area contributed by atoms with Crippen LogP contribution in [0.15, 0.2) is 73.2 Å². The van der Waals surface area contributed by atoms with E-state index in [1.54, 1.807) is 16.8 Å². The molecule has 0 aliphatic heterocycles. The van der Waals surface area contributed by atoms with Crippen molar-refractivity contribution in [1.82, 2.24) is 14.6 Å². The zero-order valence-electron chi connectivity index (χ0n) is 13.5. The van der Waals surface area contributed by atoms with Crippen LogP contribution in [0.2, 0.25) is 0 Å². The summed E-state index contributed by atoms with van der Waals surface area (Å²) in [4.78, 5) is 15.7. The fourth-order valence-corrected chi connectivity index (χ4v) is 2.93. The molecule has 0 unspecified atom stereocenters. The van der Waals surface area contributed by atoms with E-state index in [0.29, 0.717) is 6.42 Å². The monoisotopic (exact) mass is 328 g/mol. The molecular weight excluding hydrogens is 312 g/mol. The Morgan fingerprint density at radius 2 is 1.88 bits per heavy atom. The highest BCUT2D eigenvalue weighted by Crippen LogP contribution is 2.21. The maximum absolute atomic E-state index is 11.5. The Kier molecular flexibility index (Phi) is 3.74. The lowest BCUT2D eigenvalue weighted by atomic mass is 10.0. The van der Waals surface area contributed by atoms with Crippen LogP contribution in [-0.2, 0) is 6.42 Å². The molecule has 1 amide bonds. The maximum Gasteiger partial charge on any atom is 0.269 e. The number of rotatable bonds is 4. The molecule has 0 aliphatic rings. The highest BCUT2D eigenvalue weighted by atomic mass is 16.1. The van der Waals surface area contributed by atoms with Crippen molar-refractivity contribution >= 4 is 11.4 Å². The number of pyridine rings is 1. The molecule has 5 heteroatoms. The van der Waals surface area contributed by atoms with E-state index in [-0.39, 0.29) is 5.69 Å². The number of nitrogens with two attached hydrogens (primary N) is 1. The Hall–Kier alpha value is -3.47. The number of benzene rings is 1. The molecule has 4 aromatic rings. The summed E-state index contributed by atoms with van der Waals surface area (Å²) in [6, 6.07) is 18.0. The Morgan fingerprint density at radius 1 is 1.04 bits per heavy atom. The molecule has 0 spiro atoms.